The van der Waals surface area contributed by atoms with Crippen molar-refractivity contribution in [2.45, 2.75) is 6.42 Å². The molecule has 2 nitrogen and oxygen atoms in total. The monoisotopic (exact) mass is 204 g/mol. The Morgan fingerprint density at radius 1 is 1.36 bits per heavy atom. The van der Waals surface area contributed by atoms with E-state index in [1.54, 1.807) is 11.3 Å². The summed E-state index contributed by atoms with van der Waals surface area (Å²) in [7, 11) is 1.15. The van der Waals surface area contributed by atoms with Crippen molar-refractivity contribution in [2.24, 2.45) is 5.73 Å². The summed E-state index contributed by atoms with van der Waals surface area (Å²) in [5.74, 6) is 0. The number of hydrogen-bond donors (Lipinski definition) is 2. The van der Waals surface area contributed by atoms with Crippen LogP contribution in [0.4, 0.5) is 0 Å². The zero-order valence-corrected chi connectivity index (χ0v) is 8.55. The molecule has 3 N–H and O–H groups in total. The van der Waals surface area contributed by atoms with Gasteiger partial charge in [0.2, 0.25) is 0 Å². The number of rotatable bonds is 3. The third kappa shape index (κ3) is 1.82. The van der Waals surface area contributed by atoms with Crippen LogP contribution in [0.5, 0.6) is 0 Å². The van der Waals surface area contributed by atoms with E-state index in [2.05, 4.69) is 18.2 Å². The molecular formula is C10H11BNOS. The SMILES string of the molecule is NCCc1ccc2cc([B]O)sc2c1. The molecule has 1 heterocycles. The molecule has 0 spiro atoms. The number of hydrogen-bond acceptors (Lipinski definition) is 3. The van der Waals surface area contributed by atoms with Crippen LogP contribution in [0.3, 0.4) is 0 Å². The van der Waals surface area contributed by atoms with Gasteiger partial charge in [-0.05, 0) is 36.0 Å². The first-order valence-corrected chi connectivity index (χ1v) is 5.35. The minimum Gasteiger partial charge on any atom is -0.449 e. The van der Waals surface area contributed by atoms with Gasteiger partial charge in [0, 0.05) is 9.48 Å². The van der Waals surface area contributed by atoms with Gasteiger partial charge in [-0.2, -0.15) is 0 Å². The van der Waals surface area contributed by atoms with Gasteiger partial charge in [0.15, 0.2) is 0 Å². The number of benzene rings is 1. The molecule has 0 aliphatic carbocycles. The predicted octanol–water partition coefficient (Wildman–Crippen LogP) is 0.639. The first-order chi connectivity index (χ1) is 6.83. The summed E-state index contributed by atoms with van der Waals surface area (Å²) in [4.78, 5) is 0. The average molecular weight is 204 g/mol. The molecule has 2 rings (SSSR count). The molecule has 0 unspecified atom stereocenters. The molecular weight excluding hydrogens is 193 g/mol. The van der Waals surface area contributed by atoms with Crippen molar-refractivity contribution < 1.29 is 5.02 Å². The molecule has 0 amide bonds. The molecule has 0 saturated heterocycles. The van der Waals surface area contributed by atoms with E-state index in [1.165, 1.54) is 15.6 Å². The first kappa shape index (κ1) is 9.71. The Bertz CT molecular complexity index is 441. The lowest BCUT2D eigenvalue weighted by Gasteiger charge is -1.97. The van der Waals surface area contributed by atoms with Crippen LogP contribution >= 0.6 is 11.3 Å². The van der Waals surface area contributed by atoms with Crippen molar-refractivity contribution in [3.8, 4) is 0 Å². The molecule has 4 heteroatoms. The molecule has 2 aromatic rings. The molecule has 1 aromatic carbocycles. The van der Waals surface area contributed by atoms with Gasteiger partial charge >= 0.3 is 7.48 Å². The minimum atomic E-state index is 0.676. The lowest BCUT2D eigenvalue weighted by molar-refractivity contribution is 0.616. The maximum Gasteiger partial charge on any atom is 0.337 e. The van der Waals surface area contributed by atoms with Crippen molar-refractivity contribution >= 4 is 33.7 Å². The Labute approximate surface area is 87.6 Å². The third-order valence-electron chi connectivity index (χ3n) is 2.16. The fraction of sp³-hybridized carbons (Fsp3) is 0.200. The largest absolute Gasteiger partial charge is 0.449 e. The van der Waals surface area contributed by atoms with Crippen molar-refractivity contribution in [1.82, 2.24) is 0 Å². The van der Waals surface area contributed by atoms with E-state index in [0.29, 0.717) is 6.54 Å². The third-order valence-corrected chi connectivity index (χ3v) is 3.20. The maximum atomic E-state index is 8.88. The fourth-order valence-corrected chi connectivity index (χ4v) is 2.43. The number of nitrogens with two attached hydrogens (primary N) is 1. The quantitative estimate of drug-likeness (QED) is 0.720. The highest BCUT2D eigenvalue weighted by Crippen LogP contribution is 2.20. The Morgan fingerprint density at radius 3 is 2.93 bits per heavy atom. The van der Waals surface area contributed by atoms with E-state index < -0.39 is 0 Å². The molecule has 1 radical (unpaired) electrons. The van der Waals surface area contributed by atoms with Crippen molar-refractivity contribution in [3.05, 3.63) is 29.8 Å². The minimum absolute atomic E-state index is 0.676. The van der Waals surface area contributed by atoms with E-state index >= 15 is 0 Å². The summed E-state index contributed by atoms with van der Waals surface area (Å²) < 4.78 is 2.10. The van der Waals surface area contributed by atoms with Gasteiger partial charge in [0.25, 0.3) is 0 Å². The predicted molar refractivity (Wildman–Crippen MR) is 62.2 cm³/mol. The van der Waals surface area contributed by atoms with Crippen LogP contribution in [0.1, 0.15) is 5.56 Å². The summed E-state index contributed by atoms with van der Waals surface area (Å²) in [6, 6.07) is 8.28. The average Bonchev–Trinajstić information content (AvgIpc) is 2.60. The molecule has 0 fully saturated rings. The normalized spacial score (nSPS) is 10.7. The zero-order chi connectivity index (χ0) is 9.97. The Balaban J connectivity index is 2.43. The van der Waals surface area contributed by atoms with Gasteiger partial charge in [-0.3, -0.25) is 0 Å². The first-order valence-electron chi connectivity index (χ1n) is 4.53. The van der Waals surface area contributed by atoms with Crippen LogP contribution in [0.15, 0.2) is 24.3 Å². The highest BCUT2D eigenvalue weighted by atomic mass is 32.1. The Morgan fingerprint density at radius 2 is 2.21 bits per heavy atom. The highest BCUT2D eigenvalue weighted by molar-refractivity contribution is 7.26. The van der Waals surface area contributed by atoms with Crippen LogP contribution in [0, 0.1) is 0 Å². The lowest BCUT2D eigenvalue weighted by Crippen LogP contribution is -2.06. The summed E-state index contributed by atoms with van der Waals surface area (Å²) >= 11 is 1.59. The molecule has 71 valence electrons. The van der Waals surface area contributed by atoms with Gasteiger partial charge in [-0.15, -0.1) is 11.3 Å². The fourth-order valence-electron chi connectivity index (χ4n) is 1.48. The van der Waals surface area contributed by atoms with E-state index in [1.807, 2.05) is 6.07 Å². The van der Waals surface area contributed by atoms with Gasteiger partial charge in [-0.1, -0.05) is 12.1 Å². The van der Waals surface area contributed by atoms with Crippen LogP contribution in [0.25, 0.3) is 10.1 Å². The topological polar surface area (TPSA) is 46.2 Å². The van der Waals surface area contributed by atoms with Crippen molar-refractivity contribution in [1.29, 1.82) is 0 Å². The van der Waals surface area contributed by atoms with Gasteiger partial charge in [0.05, 0.1) is 0 Å². The summed E-state index contributed by atoms with van der Waals surface area (Å²) in [6.07, 6.45) is 0.909. The van der Waals surface area contributed by atoms with E-state index in [9.17, 15) is 0 Å². The zero-order valence-electron chi connectivity index (χ0n) is 7.73. The van der Waals surface area contributed by atoms with Crippen LogP contribution in [-0.2, 0) is 6.42 Å². The van der Waals surface area contributed by atoms with Crippen LogP contribution in [0.2, 0.25) is 0 Å². The van der Waals surface area contributed by atoms with Crippen LogP contribution < -0.4 is 10.5 Å². The van der Waals surface area contributed by atoms with Crippen molar-refractivity contribution in [3.63, 3.8) is 0 Å². The van der Waals surface area contributed by atoms with E-state index in [0.717, 1.165) is 18.7 Å². The van der Waals surface area contributed by atoms with E-state index in [-0.39, 0.29) is 0 Å². The second kappa shape index (κ2) is 4.13. The number of thiophene rings is 1. The van der Waals surface area contributed by atoms with Gasteiger partial charge in [-0.25, -0.2) is 0 Å². The Hall–Kier alpha value is -0.835. The number of fused-ring (bicyclic) bond motifs is 1. The molecule has 0 saturated carbocycles. The molecule has 0 aliphatic rings. The molecule has 14 heavy (non-hydrogen) atoms. The van der Waals surface area contributed by atoms with Crippen LogP contribution in [-0.4, -0.2) is 19.1 Å². The highest BCUT2D eigenvalue weighted by Gasteiger charge is 2.02. The molecule has 0 bridgehead atoms. The smallest absolute Gasteiger partial charge is 0.337 e. The van der Waals surface area contributed by atoms with Crippen molar-refractivity contribution in [2.75, 3.05) is 6.54 Å². The second-order valence-electron chi connectivity index (χ2n) is 3.19. The van der Waals surface area contributed by atoms with E-state index in [4.69, 9.17) is 10.8 Å². The standard InChI is InChI=1S/C10H11BNOS/c12-4-3-7-1-2-8-6-10(11-13)14-9(8)5-7/h1-2,5-6,13H,3-4,12H2. The Kier molecular flexibility index (Phi) is 2.86. The summed E-state index contributed by atoms with van der Waals surface area (Å²) in [5, 5.41) is 10.1. The second-order valence-corrected chi connectivity index (χ2v) is 4.30. The summed E-state index contributed by atoms with van der Waals surface area (Å²) in [5.41, 5.74) is 6.75. The molecule has 1 aromatic heterocycles. The van der Waals surface area contributed by atoms with Gasteiger partial charge < -0.3 is 10.8 Å². The maximum absolute atomic E-state index is 8.88. The molecule has 0 atom stereocenters. The van der Waals surface area contributed by atoms with Gasteiger partial charge in [0.1, 0.15) is 0 Å². The molecule has 0 aliphatic heterocycles. The summed E-state index contributed by atoms with van der Waals surface area (Å²) in [6.45, 7) is 0.676. The lowest BCUT2D eigenvalue weighted by atomic mass is 9.99.